The minimum absolute atomic E-state index is 0.135. The highest BCUT2D eigenvalue weighted by molar-refractivity contribution is 6.31. The Hall–Kier alpha value is -2.85. The van der Waals surface area contributed by atoms with Crippen LogP contribution in [0.5, 0.6) is 0 Å². The molecule has 5 heteroatoms. The molecule has 1 heterocycles. The van der Waals surface area contributed by atoms with E-state index in [9.17, 15) is 4.79 Å². The molecule has 3 aromatic rings. The van der Waals surface area contributed by atoms with Crippen molar-refractivity contribution in [3.05, 3.63) is 88.7 Å². The molecule has 0 unspecified atom stereocenters. The second kappa shape index (κ2) is 8.02. The lowest BCUT2D eigenvalue weighted by Gasteiger charge is -2.08. The van der Waals surface area contributed by atoms with Gasteiger partial charge in [-0.2, -0.15) is 0 Å². The molecule has 3 rings (SSSR count). The van der Waals surface area contributed by atoms with Crippen molar-refractivity contribution in [3.8, 4) is 11.1 Å². The molecule has 0 atom stereocenters. The van der Waals surface area contributed by atoms with Gasteiger partial charge in [0.2, 0.25) is 6.20 Å². The minimum atomic E-state index is -0.135. The zero-order valence-electron chi connectivity index (χ0n) is 14.7. The Morgan fingerprint density at radius 2 is 1.88 bits per heavy atom. The van der Waals surface area contributed by atoms with Gasteiger partial charge in [-0.15, -0.1) is 0 Å². The van der Waals surface area contributed by atoms with Crippen molar-refractivity contribution < 1.29 is 14.4 Å². The van der Waals surface area contributed by atoms with Crippen LogP contribution in [0.3, 0.4) is 0 Å². The summed E-state index contributed by atoms with van der Waals surface area (Å²) in [5, 5.41) is 3.66. The Morgan fingerprint density at radius 1 is 1.08 bits per heavy atom. The number of carbonyl (C=O) groups excluding carboxylic acids is 1. The van der Waals surface area contributed by atoms with E-state index < -0.39 is 0 Å². The van der Waals surface area contributed by atoms with E-state index in [1.165, 1.54) is 0 Å². The molecule has 1 N–H and O–H groups in total. The van der Waals surface area contributed by atoms with Crippen LogP contribution in [-0.4, -0.2) is 13.0 Å². The molecule has 0 saturated carbocycles. The van der Waals surface area contributed by atoms with Crippen LogP contribution in [-0.2, 0) is 6.54 Å². The topological polar surface area (TPSA) is 42.2 Å². The number of amides is 1. The third kappa shape index (κ3) is 4.03. The number of hydrogen-bond donors (Lipinski definition) is 1. The summed E-state index contributed by atoms with van der Waals surface area (Å²) in [5.74, 6) is -0.135. The van der Waals surface area contributed by atoms with E-state index in [2.05, 4.69) is 5.32 Å². The van der Waals surface area contributed by atoms with E-state index in [1.54, 1.807) is 24.1 Å². The van der Waals surface area contributed by atoms with E-state index in [1.807, 2.05) is 61.5 Å². The van der Waals surface area contributed by atoms with Crippen LogP contribution < -0.4 is 14.9 Å². The number of benzene rings is 2. The number of aryl methyl sites for hydroxylation is 1. The SMILES string of the molecule is CO[n+]1ccccc1CNC(=O)c1cccc(-c2ccc(Cl)c(C)c2)c1. The molecule has 4 nitrogen and oxygen atoms in total. The monoisotopic (exact) mass is 367 g/mol. The van der Waals surface area contributed by atoms with E-state index in [4.69, 9.17) is 16.4 Å². The molecular formula is C21H20ClN2O2+. The van der Waals surface area contributed by atoms with Crippen LogP contribution in [0, 0.1) is 6.92 Å². The molecule has 0 spiro atoms. The molecule has 132 valence electrons. The van der Waals surface area contributed by atoms with Crippen molar-refractivity contribution >= 4 is 17.5 Å². The molecule has 0 fully saturated rings. The van der Waals surface area contributed by atoms with Gasteiger partial charge in [0, 0.05) is 27.4 Å². The van der Waals surface area contributed by atoms with Crippen molar-refractivity contribution in [1.82, 2.24) is 5.32 Å². The molecule has 2 aromatic carbocycles. The second-order valence-corrected chi connectivity index (χ2v) is 6.33. The van der Waals surface area contributed by atoms with Crippen molar-refractivity contribution in [2.75, 3.05) is 7.11 Å². The summed E-state index contributed by atoms with van der Waals surface area (Å²) in [5.41, 5.74) is 4.47. The average molecular weight is 368 g/mol. The standard InChI is InChI=1S/C21H19ClN2O2/c1-15-12-17(9-10-20(15)22)16-6-5-7-18(13-16)21(25)23-14-19-8-3-4-11-24(19)26-2/h3-13H,14H2,1-2H3/p+1. The summed E-state index contributed by atoms with van der Waals surface area (Å²) in [6.45, 7) is 2.34. The van der Waals surface area contributed by atoms with Crippen LogP contribution in [0.25, 0.3) is 11.1 Å². The van der Waals surface area contributed by atoms with Crippen molar-refractivity contribution in [1.29, 1.82) is 0 Å². The molecule has 0 radical (unpaired) electrons. The largest absolute Gasteiger partial charge is 0.342 e. The van der Waals surface area contributed by atoms with Crippen LogP contribution in [0.4, 0.5) is 0 Å². The van der Waals surface area contributed by atoms with Gasteiger partial charge in [-0.1, -0.05) is 29.8 Å². The fraction of sp³-hybridized carbons (Fsp3) is 0.143. The van der Waals surface area contributed by atoms with E-state index >= 15 is 0 Å². The number of pyridine rings is 1. The highest BCUT2D eigenvalue weighted by Gasteiger charge is 2.13. The number of nitrogens with one attached hydrogen (secondary N) is 1. The van der Waals surface area contributed by atoms with Gasteiger partial charge in [-0.05, 0) is 53.9 Å². The van der Waals surface area contributed by atoms with Gasteiger partial charge >= 0.3 is 0 Å². The maximum atomic E-state index is 12.5. The van der Waals surface area contributed by atoms with Crippen molar-refractivity contribution in [3.63, 3.8) is 0 Å². The lowest BCUT2D eigenvalue weighted by molar-refractivity contribution is -0.890. The third-order valence-corrected chi connectivity index (χ3v) is 4.57. The molecule has 1 amide bonds. The fourth-order valence-corrected chi connectivity index (χ4v) is 2.83. The van der Waals surface area contributed by atoms with Gasteiger partial charge in [-0.3, -0.25) is 9.63 Å². The normalized spacial score (nSPS) is 10.4. The minimum Gasteiger partial charge on any atom is -0.342 e. The Labute approximate surface area is 158 Å². The van der Waals surface area contributed by atoms with Gasteiger partial charge in [0.1, 0.15) is 13.7 Å². The quantitative estimate of drug-likeness (QED) is 0.700. The highest BCUT2D eigenvalue weighted by Crippen LogP contribution is 2.25. The lowest BCUT2D eigenvalue weighted by atomic mass is 10.0. The molecule has 0 aliphatic rings. The van der Waals surface area contributed by atoms with Crippen molar-refractivity contribution in [2.45, 2.75) is 13.5 Å². The molecule has 1 aromatic heterocycles. The first kappa shape index (κ1) is 18.0. The van der Waals surface area contributed by atoms with Crippen LogP contribution in [0.1, 0.15) is 21.6 Å². The predicted molar refractivity (Wildman–Crippen MR) is 102 cm³/mol. The highest BCUT2D eigenvalue weighted by atomic mass is 35.5. The molecule has 0 bridgehead atoms. The Morgan fingerprint density at radius 3 is 2.65 bits per heavy atom. The number of nitrogens with zero attached hydrogens (tertiary/aromatic N) is 1. The summed E-state index contributed by atoms with van der Waals surface area (Å²) >= 11 is 6.10. The van der Waals surface area contributed by atoms with Gasteiger partial charge in [-0.25, -0.2) is 0 Å². The number of halogens is 1. The molecule has 26 heavy (non-hydrogen) atoms. The summed E-state index contributed by atoms with van der Waals surface area (Å²) in [6.07, 6.45) is 1.80. The fourth-order valence-electron chi connectivity index (χ4n) is 2.72. The number of aromatic nitrogens is 1. The van der Waals surface area contributed by atoms with E-state index in [0.29, 0.717) is 12.1 Å². The van der Waals surface area contributed by atoms with Gasteiger partial charge in [0.25, 0.3) is 11.6 Å². The predicted octanol–water partition coefficient (Wildman–Crippen LogP) is 3.59. The first-order valence-electron chi connectivity index (χ1n) is 8.27. The molecule has 0 aliphatic carbocycles. The number of hydrogen-bond acceptors (Lipinski definition) is 2. The summed E-state index contributed by atoms with van der Waals surface area (Å²) < 4.78 is 1.62. The second-order valence-electron chi connectivity index (χ2n) is 5.93. The summed E-state index contributed by atoms with van der Waals surface area (Å²) in [4.78, 5) is 17.8. The Balaban J connectivity index is 1.77. The maximum absolute atomic E-state index is 12.5. The Kier molecular flexibility index (Phi) is 5.54. The summed E-state index contributed by atoms with van der Waals surface area (Å²) in [7, 11) is 1.59. The lowest BCUT2D eigenvalue weighted by Crippen LogP contribution is -2.45. The zero-order chi connectivity index (χ0) is 18.5. The molecular weight excluding hydrogens is 348 g/mol. The number of carbonyl (C=O) groups is 1. The zero-order valence-corrected chi connectivity index (χ0v) is 15.5. The average Bonchev–Trinajstić information content (AvgIpc) is 2.68. The van der Waals surface area contributed by atoms with Crippen molar-refractivity contribution in [2.24, 2.45) is 0 Å². The number of rotatable bonds is 5. The first-order valence-corrected chi connectivity index (χ1v) is 8.65. The maximum Gasteiger partial charge on any atom is 0.253 e. The van der Waals surface area contributed by atoms with E-state index in [-0.39, 0.29) is 5.91 Å². The smallest absolute Gasteiger partial charge is 0.253 e. The van der Waals surface area contributed by atoms with E-state index in [0.717, 1.165) is 27.4 Å². The third-order valence-electron chi connectivity index (χ3n) is 4.15. The molecule has 0 aliphatic heterocycles. The van der Waals surface area contributed by atoms with Gasteiger partial charge < -0.3 is 5.32 Å². The Bertz CT molecular complexity index is 941. The van der Waals surface area contributed by atoms with Crippen LogP contribution in [0.2, 0.25) is 5.02 Å². The van der Waals surface area contributed by atoms with Gasteiger partial charge in [0.05, 0.1) is 0 Å². The summed E-state index contributed by atoms with van der Waals surface area (Å²) in [6, 6.07) is 19.1. The molecule has 0 saturated heterocycles. The van der Waals surface area contributed by atoms with Gasteiger partial charge in [0.15, 0.2) is 0 Å². The van der Waals surface area contributed by atoms with Crippen LogP contribution in [0.15, 0.2) is 66.9 Å². The van der Waals surface area contributed by atoms with Crippen LogP contribution >= 0.6 is 11.6 Å². The first-order chi connectivity index (χ1) is 12.6.